The third-order valence-electron chi connectivity index (χ3n) is 3.68. The molecule has 1 saturated heterocycles. The fraction of sp³-hybridized carbons (Fsp3) is 0.471. The molecule has 1 aromatic carbocycles. The number of amides is 1. The summed E-state index contributed by atoms with van der Waals surface area (Å²) in [6.45, 7) is 2.42. The first-order valence-corrected chi connectivity index (χ1v) is 7.22. The number of nitrogens with zero attached hydrogens (tertiary/aromatic N) is 1. The van der Waals surface area contributed by atoms with Gasteiger partial charge in [-0.3, -0.25) is 4.79 Å². The van der Waals surface area contributed by atoms with Crippen molar-refractivity contribution in [1.29, 1.82) is 0 Å². The lowest BCUT2D eigenvalue weighted by molar-refractivity contribution is -0.132. The summed E-state index contributed by atoms with van der Waals surface area (Å²) in [7, 11) is 0. The zero-order valence-electron chi connectivity index (χ0n) is 12.1. The molecule has 1 aliphatic heterocycles. The Balaban J connectivity index is 1.84. The molecule has 1 unspecified atom stereocenters. The maximum atomic E-state index is 12.9. The Morgan fingerprint density at radius 1 is 1.43 bits per heavy atom. The summed E-state index contributed by atoms with van der Waals surface area (Å²) < 4.78 is 18.2. The standard InChI is InChI=1S/C17H20FNO2/c1-2-10-21-13-15-4-3-9-19(12-15)17(20)11-14-5-7-16(18)8-6-14/h1,5-8,15H,3-4,9-13H2. The first kappa shape index (κ1) is 15.5. The number of likely N-dealkylation sites (tertiary alicyclic amines) is 1. The molecule has 0 spiro atoms. The van der Waals surface area contributed by atoms with Crippen LogP contribution in [0.5, 0.6) is 0 Å². The van der Waals surface area contributed by atoms with Crippen molar-refractivity contribution in [3.05, 3.63) is 35.6 Å². The molecule has 0 aliphatic carbocycles. The fourth-order valence-electron chi connectivity index (χ4n) is 2.60. The van der Waals surface area contributed by atoms with Crippen molar-refractivity contribution in [2.75, 3.05) is 26.3 Å². The van der Waals surface area contributed by atoms with Gasteiger partial charge < -0.3 is 9.64 Å². The molecule has 0 radical (unpaired) electrons. The minimum absolute atomic E-state index is 0.0864. The van der Waals surface area contributed by atoms with Gasteiger partial charge in [-0.25, -0.2) is 4.39 Å². The quantitative estimate of drug-likeness (QED) is 0.614. The van der Waals surface area contributed by atoms with Gasteiger partial charge in [0.15, 0.2) is 0 Å². The molecule has 1 aliphatic rings. The van der Waals surface area contributed by atoms with Crippen molar-refractivity contribution < 1.29 is 13.9 Å². The Kier molecular flexibility index (Phi) is 5.77. The zero-order chi connectivity index (χ0) is 15.1. The first-order valence-electron chi connectivity index (χ1n) is 7.22. The lowest BCUT2D eigenvalue weighted by Crippen LogP contribution is -2.42. The van der Waals surface area contributed by atoms with Crippen molar-refractivity contribution in [3.63, 3.8) is 0 Å². The smallest absolute Gasteiger partial charge is 0.226 e. The van der Waals surface area contributed by atoms with E-state index in [-0.39, 0.29) is 11.7 Å². The van der Waals surface area contributed by atoms with Gasteiger partial charge in [0.2, 0.25) is 5.91 Å². The molecule has 1 heterocycles. The van der Waals surface area contributed by atoms with Gasteiger partial charge in [0, 0.05) is 13.1 Å². The average molecular weight is 289 g/mol. The summed E-state index contributed by atoms with van der Waals surface area (Å²) in [5.74, 6) is 2.60. The molecule has 0 aromatic heterocycles. The molecule has 1 aromatic rings. The molecule has 112 valence electrons. The number of ether oxygens (including phenoxy) is 1. The van der Waals surface area contributed by atoms with Crippen LogP contribution in [0.2, 0.25) is 0 Å². The average Bonchev–Trinajstić information content (AvgIpc) is 2.50. The van der Waals surface area contributed by atoms with Gasteiger partial charge in [0.25, 0.3) is 0 Å². The topological polar surface area (TPSA) is 29.5 Å². The molecule has 4 heteroatoms. The van der Waals surface area contributed by atoms with Gasteiger partial charge in [-0.15, -0.1) is 6.42 Å². The van der Waals surface area contributed by atoms with Crippen molar-refractivity contribution in [2.24, 2.45) is 5.92 Å². The van der Waals surface area contributed by atoms with E-state index < -0.39 is 0 Å². The second-order valence-electron chi connectivity index (χ2n) is 5.37. The summed E-state index contributed by atoms with van der Waals surface area (Å²) in [5.41, 5.74) is 0.840. The van der Waals surface area contributed by atoms with E-state index in [2.05, 4.69) is 5.92 Å². The predicted octanol–water partition coefficient (Wildman–Crippen LogP) is 2.26. The van der Waals surface area contributed by atoms with E-state index in [0.29, 0.717) is 32.1 Å². The second kappa shape index (κ2) is 7.80. The van der Waals surface area contributed by atoms with E-state index >= 15 is 0 Å². The molecular formula is C17H20FNO2. The van der Waals surface area contributed by atoms with Crippen LogP contribution in [-0.2, 0) is 16.0 Å². The Morgan fingerprint density at radius 2 is 2.19 bits per heavy atom. The van der Waals surface area contributed by atoms with Crippen LogP contribution in [-0.4, -0.2) is 37.1 Å². The number of carbonyl (C=O) groups excluding carboxylic acids is 1. The van der Waals surface area contributed by atoms with Gasteiger partial charge >= 0.3 is 0 Å². The molecule has 1 atom stereocenters. The van der Waals surface area contributed by atoms with Crippen LogP contribution in [0.1, 0.15) is 18.4 Å². The van der Waals surface area contributed by atoms with Gasteiger partial charge in [-0.2, -0.15) is 0 Å². The molecule has 1 amide bonds. The van der Waals surface area contributed by atoms with Gasteiger partial charge in [-0.1, -0.05) is 18.1 Å². The molecule has 1 fully saturated rings. The molecule has 21 heavy (non-hydrogen) atoms. The number of hydrogen-bond donors (Lipinski definition) is 0. The number of terminal acetylenes is 1. The Labute approximate surface area is 125 Å². The van der Waals surface area contributed by atoms with Gasteiger partial charge in [0.1, 0.15) is 12.4 Å². The summed E-state index contributed by atoms with van der Waals surface area (Å²) in [6.07, 6.45) is 7.51. The van der Waals surface area contributed by atoms with Crippen LogP contribution in [0.3, 0.4) is 0 Å². The maximum absolute atomic E-state index is 12.9. The van der Waals surface area contributed by atoms with Gasteiger partial charge in [-0.05, 0) is 36.5 Å². The third kappa shape index (κ3) is 4.87. The minimum Gasteiger partial charge on any atom is -0.368 e. The van der Waals surface area contributed by atoms with Crippen molar-refractivity contribution in [3.8, 4) is 12.3 Å². The van der Waals surface area contributed by atoms with Crippen LogP contribution in [0, 0.1) is 24.1 Å². The number of rotatable bonds is 5. The van der Waals surface area contributed by atoms with Crippen LogP contribution < -0.4 is 0 Å². The summed E-state index contributed by atoms with van der Waals surface area (Å²) in [6, 6.07) is 6.08. The number of hydrogen-bond acceptors (Lipinski definition) is 2. The maximum Gasteiger partial charge on any atom is 0.226 e. The molecule has 0 bridgehead atoms. The molecule has 2 rings (SSSR count). The predicted molar refractivity (Wildman–Crippen MR) is 79.1 cm³/mol. The third-order valence-corrected chi connectivity index (χ3v) is 3.68. The molecule has 0 N–H and O–H groups in total. The van der Waals surface area contributed by atoms with Crippen molar-refractivity contribution >= 4 is 5.91 Å². The van der Waals surface area contributed by atoms with E-state index in [1.54, 1.807) is 12.1 Å². The highest BCUT2D eigenvalue weighted by molar-refractivity contribution is 5.78. The molecular weight excluding hydrogens is 269 g/mol. The number of piperidine rings is 1. The van der Waals surface area contributed by atoms with Crippen molar-refractivity contribution in [2.45, 2.75) is 19.3 Å². The monoisotopic (exact) mass is 289 g/mol. The Bertz CT molecular complexity index is 507. The Hall–Kier alpha value is -1.86. The van der Waals surface area contributed by atoms with E-state index in [1.165, 1.54) is 12.1 Å². The lowest BCUT2D eigenvalue weighted by atomic mass is 9.98. The second-order valence-corrected chi connectivity index (χ2v) is 5.37. The fourth-order valence-corrected chi connectivity index (χ4v) is 2.60. The largest absolute Gasteiger partial charge is 0.368 e. The minimum atomic E-state index is -0.283. The van der Waals surface area contributed by atoms with Crippen molar-refractivity contribution in [1.82, 2.24) is 4.90 Å². The normalized spacial score (nSPS) is 18.3. The number of carbonyl (C=O) groups is 1. The SMILES string of the molecule is C#CCOCC1CCCN(C(=O)Cc2ccc(F)cc2)C1. The first-order chi connectivity index (χ1) is 10.2. The Morgan fingerprint density at radius 3 is 2.90 bits per heavy atom. The van der Waals surface area contributed by atoms with E-state index in [4.69, 9.17) is 11.2 Å². The summed E-state index contributed by atoms with van der Waals surface area (Å²) in [5, 5.41) is 0. The van der Waals surface area contributed by atoms with Crippen LogP contribution in [0.25, 0.3) is 0 Å². The van der Waals surface area contributed by atoms with Crippen LogP contribution in [0.15, 0.2) is 24.3 Å². The number of halogens is 1. The summed E-state index contributed by atoms with van der Waals surface area (Å²) in [4.78, 5) is 14.2. The number of benzene rings is 1. The van der Waals surface area contributed by atoms with Gasteiger partial charge in [0.05, 0.1) is 13.0 Å². The highest BCUT2D eigenvalue weighted by atomic mass is 19.1. The van der Waals surface area contributed by atoms with Crippen LogP contribution >= 0.6 is 0 Å². The van der Waals surface area contributed by atoms with E-state index in [9.17, 15) is 9.18 Å². The lowest BCUT2D eigenvalue weighted by Gasteiger charge is -2.32. The molecule has 3 nitrogen and oxygen atoms in total. The highest BCUT2D eigenvalue weighted by Crippen LogP contribution is 2.18. The zero-order valence-corrected chi connectivity index (χ0v) is 12.1. The molecule has 0 saturated carbocycles. The highest BCUT2D eigenvalue weighted by Gasteiger charge is 2.23. The summed E-state index contributed by atoms with van der Waals surface area (Å²) >= 11 is 0. The van der Waals surface area contributed by atoms with E-state index in [0.717, 1.165) is 24.9 Å². The van der Waals surface area contributed by atoms with Crippen LogP contribution in [0.4, 0.5) is 4.39 Å². The van der Waals surface area contributed by atoms with E-state index in [1.807, 2.05) is 4.90 Å².